The largest absolute Gasteiger partial charge is 0.505 e. The quantitative estimate of drug-likeness (QED) is 0.898. The molecule has 0 spiro atoms. The first kappa shape index (κ1) is 13.3. The summed E-state index contributed by atoms with van der Waals surface area (Å²) in [5.74, 6) is -0.784. The van der Waals surface area contributed by atoms with Gasteiger partial charge in [0.2, 0.25) is 0 Å². The average molecular weight is 253 g/mol. The fraction of sp³-hybridized carbons (Fsp3) is 0.571. The molecule has 1 aliphatic heterocycles. The lowest BCUT2D eigenvalue weighted by Gasteiger charge is -2.38. The van der Waals surface area contributed by atoms with Crippen molar-refractivity contribution in [2.24, 2.45) is 0 Å². The first-order valence-electron chi connectivity index (χ1n) is 6.43. The van der Waals surface area contributed by atoms with Gasteiger partial charge in [0, 0.05) is 24.7 Å². The predicted octanol–water partition coefficient (Wildman–Crippen LogP) is 2.53. The zero-order valence-corrected chi connectivity index (χ0v) is 10.9. The van der Waals surface area contributed by atoms with Crippen molar-refractivity contribution in [2.45, 2.75) is 39.0 Å². The molecule has 0 radical (unpaired) electrons. The number of para-hydroxylation sites is 1. The maximum atomic E-state index is 13.3. The third-order valence-corrected chi connectivity index (χ3v) is 3.50. The first-order chi connectivity index (χ1) is 8.61. The van der Waals surface area contributed by atoms with Crippen LogP contribution < -0.4 is 0 Å². The number of nitrogens with zero attached hydrogens (tertiary/aromatic N) is 1. The van der Waals surface area contributed by atoms with Gasteiger partial charge in [-0.1, -0.05) is 19.1 Å². The summed E-state index contributed by atoms with van der Waals surface area (Å²) in [7, 11) is 0. The number of rotatable bonds is 3. The van der Waals surface area contributed by atoms with E-state index in [0.29, 0.717) is 24.8 Å². The lowest BCUT2D eigenvalue weighted by molar-refractivity contribution is -0.0594. The number of phenolic OH excluding ortho intramolecular Hbond substituents is 1. The first-order valence-corrected chi connectivity index (χ1v) is 6.43. The van der Waals surface area contributed by atoms with Crippen molar-refractivity contribution < 1.29 is 14.2 Å². The van der Waals surface area contributed by atoms with E-state index in [2.05, 4.69) is 11.8 Å². The Morgan fingerprint density at radius 1 is 1.50 bits per heavy atom. The van der Waals surface area contributed by atoms with Crippen molar-refractivity contribution in [1.82, 2.24) is 4.90 Å². The number of benzene rings is 1. The molecular weight excluding hydrogens is 233 g/mol. The molecule has 0 bridgehead atoms. The molecule has 0 saturated carbocycles. The minimum absolute atomic E-state index is 0.184. The van der Waals surface area contributed by atoms with Gasteiger partial charge in [-0.25, -0.2) is 4.39 Å². The molecule has 1 saturated heterocycles. The van der Waals surface area contributed by atoms with E-state index in [0.717, 1.165) is 13.0 Å². The van der Waals surface area contributed by atoms with E-state index in [1.807, 2.05) is 6.92 Å². The monoisotopic (exact) mass is 253 g/mol. The Hall–Kier alpha value is -1.13. The number of hydrogen-bond donors (Lipinski definition) is 1. The Labute approximate surface area is 107 Å². The molecule has 2 rings (SSSR count). The van der Waals surface area contributed by atoms with Crippen LogP contribution in [0.15, 0.2) is 18.2 Å². The summed E-state index contributed by atoms with van der Waals surface area (Å²) in [4.78, 5) is 2.25. The van der Waals surface area contributed by atoms with Crippen LogP contribution in [-0.2, 0) is 11.3 Å². The van der Waals surface area contributed by atoms with E-state index < -0.39 is 5.82 Å². The molecule has 2 atom stereocenters. The van der Waals surface area contributed by atoms with Crippen LogP contribution in [0.5, 0.6) is 5.75 Å². The van der Waals surface area contributed by atoms with Crippen molar-refractivity contribution in [3.05, 3.63) is 29.6 Å². The molecule has 3 nitrogen and oxygen atoms in total. The smallest absolute Gasteiger partial charge is 0.165 e. The SMILES string of the molecule is CCC1COC(C)CN1Cc1cccc(F)c1O. The lowest BCUT2D eigenvalue weighted by atomic mass is 10.1. The highest BCUT2D eigenvalue weighted by Crippen LogP contribution is 2.25. The van der Waals surface area contributed by atoms with E-state index >= 15 is 0 Å². The second kappa shape index (κ2) is 5.67. The number of morpholine rings is 1. The van der Waals surface area contributed by atoms with Crippen molar-refractivity contribution in [2.75, 3.05) is 13.2 Å². The van der Waals surface area contributed by atoms with Crippen LogP contribution in [0.1, 0.15) is 25.8 Å². The summed E-state index contributed by atoms with van der Waals surface area (Å²) < 4.78 is 18.9. The number of aromatic hydroxyl groups is 1. The Morgan fingerprint density at radius 2 is 2.28 bits per heavy atom. The molecule has 4 heteroatoms. The van der Waals surface area contributed by atoms with Gasteiger partial charge in [0.15, 0.2) is 11.6 Å². The van der Waals surface area contributed by atoms with Crippen molar-refractivity contribution in [3.8, 4) is 5.75 Å². The Morgan fingerprint density at radius 3 is 3.00 bits per heavy atom. The Kier molecular flexibility index (Phi) is 4.19. The number of phenols is 1. The van der Waals surface area contributed by atoms with Crippen LogP contribution in [0.4, 0.5) is 4.39 Å². The third kappa shape index (κ3) is 2.82. The van der Waals surface area contributed by atoms with E-state index in [4.69, 9.17) is 4.74 Å². The maximum Gasteiger partial charge on any atom is 0.165 e. The summed E-state index contributed by atoms with van der Waals surface area (Å²) in [6, 6.07) is 5.02. The van der Waals surface area contributed by atoms with Crippen LogP contribution in [0.25, 0.3) is 0 Å². The summed E-state index contributed by atoms with van der Waals surface area (Å²) in [6.07, 6.45) is 1.17. The number of halogens is 1. The van der Waals surface area contributed by atoms with Gasteiger partial charge in [-0.2, -0.15) is 0 Å². The highest BCUT2D eigenvalue weighted by Gasteiger charge is 2.26. The minimum atomic E-state index is -0.554. The van der Waals surface area contributed by atoms with E-state index in [1.165, 1.54) is 6.07 Å². The average Bonchev–Trinajstić information content (AvgIpc) is 2.35. The van der Waals surface area contributed by atoms with Crippen LogP contribution in [0, 0.1) is 5.82 Å². The molecule has 1 fully saturated rings. The second-order valence-electron chi connectivity index (χ2n) is 4.88. The molecule has 1 aromatic carbocycles. The highest BCUT2D eigenvalue weighted by atomic mass is 19.1. The summed E-state index contributed by atoms with van der Waals surface area (Å²) in [5.41, 5.74) is 0.641. The topological polar surface area (TPSA) is 32.7 Å². The summed E-state index contributed by atoms with van der Waals surface area (Å²) >= 11 is 0. The van der Waals surface area contributed by atoms with Gasteiger partial charge in [-0.3, -0.25) is 4.90 Å². The third-order valence-electron chi connectivity index (χ3n) is 3.50. The van der Waals surface area contributed by atoms with Crippen LogP contribution in [-0.4, -0.2) is 35.3 Å². The summed E-state index contributed by atoms with van der Waals surface area (Å²) in [6.45, 7) is 6.23. The van der Waals surface area contributed by atoms with E-state index in [9.17, 15) is 9.50 Å². The molecule has 0 amide bonds. The van der Waals surface area contributed by atoms with Crippen molar-refractivity contribution >= 4 is 0 Å². The second-order valence-corrected chi connectivity index (χ2v) is 4.88. The van der Waals surface area contributed by atoms with Gasteiger partial charge in [0.05, 0.1) is 12.7 Å². The lowest BCUT2D eigenvalue weighted by Crippen LogP contribution is -2.47. The van der Waals surface area contributed by atoms with Gasteiger partial charge < -0.3 is 9.84 Å². The fourth-order valence-electron chi connectivity index (χ4n) is 2.39. The molecular formula is C14H20FNO2. The number of hydrogen-bond acceptors (Lipinski definition) is 3. The zero-order valence-electron chi connectivity index (χ0n) is 10.9. The van der Waals surface area contributed by atoms with Gasteiger partial charge in [-0.05, 0) is 19.4 Å². The predicted molar refractivity (Wildman–Crippen MR) is 68.0 cm³/mol. The molecule has 0 aliphatic carbocycles. The Bertz CT molecular complexity index is 411. The minimum Gasteiger partial charge on any atom is -0.505 e. The summed E-state index contributed by atoms with van der Waals surface area (Å²) in [5, 5.41) is 9.72. The molecule has 1 aromatic rings. The van der Waals surface area contributed by atoms with E-state index in [1.54, 1.807) is 12.1 Å². The molecule has 1 heterocycles. The van der Waals surface area contributed by atoms with Crippen LogP contribution >= 0.6 is 0 Å². The van der Waals surface area contributed by atoms with Crippen molar-refractivity contribution in [3.63, 3.8) is 0 Å². The molecule has 1 aliphatic rings. The molecule has 1 N–H and O–H groups in total. The fourth-order valence-corrected chi connectivity index (χ4v) is 2.39. The van der Waals surface area contributed by atoms with E-state index in [-0.39, 0.29) is 11.9 Å². The molecule has 18 heavy (non-hydrogen) atoms. The normalized spacial score (nSPS) is 25.3. The Balaban J connectivity index is 2.13. The standard InChI is InChI=1S/C14H20FNO2/c1-3-12-9-18-10(2)7-16(12)8-11-5-4-6-13(15)14(11)17/h4-6,10,12,17H,3,7-9H2,1-2H3. The van der Waals surface area contributed by atoms with Gasteiger partial charge >= 0.3 is 0 Å². The number of ether oxygens (including phenoxy) is 1. The van der Waals surface area contributed by atoms with Crippen LogP contribution in [0.3, 0.4) is 0 Å². The van der Waals surface area contributed by atoms with Gasteiger partial charge in [0.1, 0.15) is 0 Å². The van der Waals surface area contributed by atoms with Gasteiger partial charge in [0.25, 0.3) is 0 Å². The van der Waals surface area contributed by atoms with Crippen LogP contribution in [0.2, 0.25) is 0 Å². The molecule has 100 valence electrons. The molecule has 0 aromatic heterocycles. The maximum absolute atomic E-state index is 13.3. The molecule has 2 unspecified atom stereocenters. The van der Waals surface area contributed by atoms with Gasteiger partial charge in [-0.15, -0.1) is 0 Å². The van der Waals surface area contributed by atoms with Crippen molar-refractivity contribution in [1.29, 1.82) is 0 Å². The highest BCUT2D eigenvalue weighted by molar-refractivity contribution is 5.33. The zero-order chi connectivity index (χ0) is 13.1.